The minimum atomic E-state index is -0.280. The van der Waals surface area contributed by atoms with E-state index < -0.39 is 0 Å². The van der Waals surface area contributed by atoms with Crippen molar-refractivity contribution in [1.29, 1.82) is 0 Å². The lowest BCUT2D eigenvalue weighted by atomic mass is 10.1. The van der Waals surface area contributed by atoms with Gasteiger partial charge in [-0.05, 0) is 41.9 Å². The van der Waals surface area contributed by atoms with Gasteiger partial charge in [0.05, 0.1) is 0 Å². The monoisotopic (exact) mass is 343 g/mol. The van der Waals surface area contributed by atoms with Gasteiger partial charge in [-0.1, -0.05) is 50.2 Å². The Labute approximate surface area is 149 Å². The maximum Gasteiger partial charge on any atom is 0.315 e. The standard InChI is InChI=1S/C20H26FN3O/c1-3-24(4-2)15-18-7-5-16(6-8-18)13-22-20(25)23-14-17-9-11-19(21)12-10-17/h5-12H,3-4,13-15H2,1-2H3,(H2,22,23,25). The van der Waals surface area contributed by atoms with Crippen molar-refractivity contribution >= 4 is 6.03 Å². The molecule has 0 aliphatic heterocycles. The summed E-state index contributed by atoms with van der Waals surface area (Å²) in [6, 6.07) is 14.1. The highest BCUT2D eigenvalue weighted by molar-refractivity contribution is 5.73. The molecule has 134 valence electrons. The van der Waals surface area contributed by atoms with Gasteiger partial charge in [-0.15, -0.1) is 0 Å². The number of nitrogens with one attached hydrogen (secondary N) is 2. The Morgan fingerprint density at radius 1 is 0.840 bits per heavy atom. The summed E-state index contributed by atoms with van der Waals surface area (Å²) < 4.78 is 12.8. The van der Waals surface area contributed by atoms with Crippen molar-refractivity contribution in [2.45, 2.75) is 33.5 Å². The van der Waals surface area contributed by atoms with Crippen molar-refractivity contribution in [1.82, 2.24) is 15.5 Å². The van der Waals surface area contributed by atoms with Gasteiger partial charge >= 0.3 is 6.03 Å². The smallest absolute Gasteiger partial charge is 0.315 e. The summed E-state index contributed by atoms with van der Waals surface area (Å²) in [6.07, 6.45) is 0. The summed E-state index contributed by atoms with van der Waals surface area (Å²) in [4.78, 5) is 14.2. The molecule has 2 rings (SSSR count). The zero-order valence-corrected chi connectivity index (χ0v) is 14.9. The first-order valence-corrected chi connectivity index (χ1v) is 8.67. The van der Waals surface area contributed by atoms with E-state index >= 15 is 0 Å². The van der Waals surface area contributed by atoms with Crippen molar-refractivity contribution in [3.63, 3.8) is 0 Å². The van der Waals surface area contributed by atoms with Gasteiger partial charge in [0.2, 0.25) is 0 Å². The van der Waals surface area contributed by atoms with Gasteiger partial charge < -0.3 is 10.6 Å². The van der Waals surface area contributed by atoms with Crippen LogP contribution >= 0.6 is 0 Å². The third kappa shape index (κ3) is 6.55. The largest absolute Gasteiger partial charge is 0.334 e. The molecule has 2 N–H and O–H groups in total. The molecule has 0 heterocycles. The van der Waals surface area contributed by atoms with Crippen LogP contribution in [0, 0.1) is 5.82 Å². The van der Waals surface area contributed by atoms with Crippen molar-refractivity contribution in [2.75, 3.05) is 13.1 Å². The van der Waals surface area contributed by atoms with Crippen molar-refractivity contribution in [3.05, 3.63) is 71.0 Å². The summed E-state index contributed by atoms with van der Waals surface area (Å²) in [5.41, 5.74) is 3.19. The van der Waals surface area contributed by atoms with E-state index in [1.807, 2.05) is 12.1 Å². The Morgan fingerprint density at radius 3 is 1.76 bits per heavy atom. The predicted molar refractivity (Wildman–Crippen MR) is 98.5 cm³/mol. The SMILES string of the molecule is CCN(CC)Cc1ccc(CNC(=O)NCc2ccc(F)cc2)cc1. The van der Waals surface area contributed by atoms with E-state index in [0.29, 0.717) is 13.1 Å². The van der Waals surface area contributed by atoms with E-state index in [-0.39, 0.29) is 11.8 Å². The van der Waals surface area contributed by atoms with Crippen molar-refractivity contribution < 1.29 is 9.18 Å². The number of carbonyl (C=O) groups is 1. The molecule has 5 heteroatoms. The van der Waals surface area contributed by atoms with E-state index in [1.165, 1.54) is 17.7 Å². The summed E-state index contributed by atoms with van der Waals surface area (Å²) >= 11 is 0. The van der Waals surface area contributed by atoms with Crippen LogP contribution in [0.4, 0.5) is 9.18 Å². The fourth-order valence-electron chi connectivity index (χ4n) is 2.50. The van der Waals surface area contributed by atoms with Gasteiger partial charge in [-0.2, -0.15) is 0 Å². The summed E-state index contributed by atoms with van der Waals surface area (Å²) in [5, 5.41) is 5.59. The molecule has 0 aromatic heterocycles. The molecule has 0 saturated carbocycles. The topological polar surface area (TPSA) is 44.4 Å². The van der Waals surface area contributed by atoms with Gasteiger partial charge in [0.25, 0.3) is 0 Å². The van der Waals surface area contributed by atoms with Gasteiger partial charge in [0.15, 0.2) is 0 Å². The molecule has 2 aromatic carbocycles. The third-order valence-electron chi connectivity index (χ3n) is 4.14. The van der Waals surface area contributed by atoms with Gasteiger partial charge in [-0.3, -0.25) is 4.90 Å². The molecule has 0 aliphatic carbocycles. The lowest BCUT2D eigenvalue weighted by Crippen LogP contribution is -2.34. The molecule has 4 nitrogen and oxygen atoms in total. The fraction of sp³-hybridized carbons (Fsp3) is 0.350. The molecule has 0 fully saturated rings. The number of hydrogen-bond donors (Lipinski definition) is 2. The molecule has 2 aromatic rings. The highest BCUT2D eigenvalue weighted by Crippen LogP contribution is 2.07. The Hall–Kier alpha value is -2.40. The number of urea groups is 1. The van der Waals surface area contributed by atoms with Crippen LogP contribution in [0.25, 0.3) is 0 Å². The van der Waals surface area contributed by atoms with Crippen LogP contribution in [-0.2, 0) is 19.6 Å². The molecule has 0 unspecified atom stereocenters. The fourth-order valence-corrected chi connectivity index (χ4v) is 2.50. The van der Waals surface area contributed by atoms with Crippen LogP contribution in [0.15, 0.2) is 48.5 Å². The maximum absolute atomic E-state index is 12.8. The van der Waals surface area contributed by atoms with Crippen LogP contribution in [0.3, 0.4) is 0 Å². The Bertz CT molecular complexity index is 652. The second-order valence-electron chi connectivity index (χ2n) is 5.94. The summed E-state index contributed by atoms with van der Waals surface area (Å²) in [6.45, 7) is 8.18. The first-order chi connectivity index (χ1) is 12.1. The zero-order valence-electron chi connectivity index (χ0n) is 14.9. The number of nitrogens with zero attached hydrogens (tertiary/aromatic N) is 1. The molecule has 0 aliphatic rings. The average molecular weight is 343 g/mol. The quantitative estimate of drug-likeness (QED) is 0.768. The van der Waals surface area contributed by atoms with E-state index in [9.17, 15) is 9.18 Å². The number of halogens is 1. The maximum atomic E-state index is 12.8. The molecular formula is C20H26FN3O. The van der Waals surface area contributed by atoms with E-state index in [1.54, 1.807) is 12.1 Å². The van der Waals surface area contributed by atoms with Crippen LogP contribution < -0.4 is 10.6 Å². The highest BCUT2D eigenvalue weighted by Gasteiger charge is 2.03. The second-order valence-corrected chi connectivity index (χ2v) is 5.94. The normalized spacial score (nSPS) is 10.7. The average Bonchev–Trinajstić information content (AvgIpc) is 2.65. The zero-order chi connectivity index (χ0) is 18.1. The highest BCUT2D eigenvalue weighted by atomic mass is 19.1. The van der Waals surface area contributed by atoms with Gasteiger partial charge in [0, 0.05) is 19.6 Å². The second kappa shape index (κ2) is 9.79. The van der Waals surface area contributed by atoms with E-state index in [0.717, 1.165) is 30.8 Å². The van der Waals surface area contributed by atoms with Crippen LogP contribution in [0.5, 0.6) is 0 Å². The number of amides is 2. The Kier molecular flexibility index (Phi) is 7.41. The molecule has 25 heavy (non-hydrogen) atoms. The molecule has 0 bridgehead atoms. The first kappa shape index (κ1) is 18.9. The number of rotatable bonds is 8. The Balaban J connectivity index is 1.74. The van der Waals surface area contributed by atoms with E-state index in [4.69, 9.17) is 0 Å². The van der Waals surface area contributed by atoms with Crippen LogP contribution in [0.2, 0.25) is 0 Å². The lowest BCUT2D eigenvalue weighted by molar-refractivity contribution is 0.240. The van der Waals surface area contributed by atoms with Gasteiger partial charge in [-0.25, -0.2) is 9.18 Å². The summed E-state index contributed by atoms with van der Waals surface area (Å²) in [7, 11) is 0. The molecular weight excluding hydrogens is 317 g/mol. The molecule has 0 atom stereocenters. The first-order valence-electron chi connectivity index (χ1n) is 8.67. The minimum Gasteiger partial charge on any atom is -0.334 e. The molecule has 0 saturated heterocycles. The van der Waals surface area contributed by atoms with Crippen LogP contribution in [-0.4, -0.2) is 24.0 Å². The predicted octanol–water partition coefficient (Wildman–Crippen LogP) is 3.67. The molecule has 0 spiro atoms. The van der Waals surface area contributed by atoms with Gasteiger partial charge in [0.1, 0.15) is 5.82 Å². The Morgan fingerprint density at radius 2 is 1.28 bits per heavy atom. The minimum absolute atomic E-state index is 0.239. The van der Waals surface area contributed by atoms with Crippen molar-refractivity contribution in [2.24, 2.45) is 0 Å². The number of benzene rings is 2. The number of hydrogen-bond acceptors (Lipinski definition) is 2. The number of carbonyl (C=O) groups excluding carboxylic acids is 1. The molecule has 0 radical (unpaired) electrons. The van der Waals surface area contributed by atoms with E-state index in [2.05, 4.69) is 41.5 Å². The third-order valence-corrected chi connectivity index (χ3v) is 4.14. The molecule has 2 amide bonds. The van der Waals surface area contributed by atoms with Crippen LogP contribution in [0.1, 0.15) is 30.5 Å². The lowest BCUT2D eigenvalue weighted by Gasteiger charge is -2.18. The summed E-state index contributed by atoms with van der Waals surface area (Å²) in [5.74, 6) is -0.280. The van der Waals surface area contributed by atoms with Crippen molar-refractivity contribution in [3.8, 4) is 0 Å².